The molecule has 0 fully saturated rings. The molecule has 0 aliphatic heterocycles. The number of hydrogen-bond acceptors (Lipinski definition) is 5. The third kappa shape index (κ3) is 5.10. The van der Waals surface area contributed by atoms with Gasteiger partial charge in [-0.1, -0.05) is 6.07 Å². The number of aryl methyl sites for hydroxylation is 2. The van der Waals surface area contributed by atoms with Crippen LogP contribution in [-0.2, 0) is 22.7 Å². The number of aromatic nitrogens is 4. The highest BCUT2D eigenvalue weighted by Gasteiger charge is 2.40. The number of alkyl halides is 3. The number of halogens is 5. The summed E-state index contributed by atoms with van der Waals surface area (Å²) in [6.45, 7) is 2.64. The summed E-state index contributed by atoms with van der Waals surface area (Å²) in [6.07, 6.45) is -1.96. The molecule has 0 saturated carbocycles. The van der Waals surface area contributed by atoms with E-state index in [9.17, 15) is 26.7 Å². The Labute approximate surface area is 195 Å². The van der Waals surface area contributed by atoms with Gasteiger partial charge in [0.1, 0.15) is 24.8 Å². The number of hydrogen-bond donors (Lipinski definition) is 0. The molecule has 35 heavy (non-hydrogen) atoms. The van der Waals surface area contributed by atoms with E-state index in [1.165, 1.54) is 21.5 Å². The van der Waals surface area contributed by atoms with Crippen molar-refractivity contribution in [2.24, 2.45) is 0 Å². The van der Waals surface area contributed by atoms with E-state index in [4.69, 9.17) is 4.74 Å². The normalized spacial score (nSPS) is 11.7. The zero-order valence-electron chi connectivity index (χ0n) is 18.6. The van der Waals surface area contributed by atoms with Crippen molar-refractivity contribution in [2.75, 3.05) is 6.61 Å². The summed E-state index contributed by atoms with van der Waals surface area (Å²) >= 11 is 0. The van der Waals surface area contributed by atoms with Gasteiger partial charge in [0.25, 0.3) is 0 Å². The molecule has 184 valence electrons. The molecule has 0 unspecified atom stereocenters. The van der Waals surface area contributed by atoms with Gasteiger partial charge < -0.3 is 9.47 Å². The third-order valence-corrected chi connectivity index (χ3v) is 5.15. The van der Waals surface area contributed by atoms with E-state index in [0.717, 1.165) is 17.7 Å². The molecule has 3 heterocycles. The van der Waals surface area contributed by atoms with Crippen LogP contribution in [0.25, 0.3) is 16.6 Å². The molecule has 0 spiro atoms. The molecular weight excluding hydrogens is 475 g/mol. The van der Waals surface area contributed by atoms with E-state index in [0.29, 0.717) is 22.3 Å². The van der Waals surface area contributed by atoms with Crippen molar-refractivity contribution in [3.8, 4) is 17.0 Å². The maximum atomic E-state index is 14.0. The predicted octanol–water partition coefficient (Wildman–Crippen LogP) is 4.78. The number of carbonyl (C=O) groups is 1. The van der Waals surface area contributed by atoms with E-state index >= 15 is 0 Å². The van der Waals surface area contributed by atoms with Crippen molar-refractivity contribution >= 4 is 11.5 Å². The van der Waals surface area contributed by atoms with Gasteiger partial charge in [-0.3, -0.25) is 4.68 Å². The van der Waals surface area contributed by atoms with E-state index < -0.39 is 30.4 Å². The Balaban J connectivity index is 1.58. The lowest BCUT2D eigenvalue weighted by Gasteiger charge is -2.11. The number of pyridine rings is 1. The Bertz CT molecular complexity index is 1370. The van der Waals surface area contributed by atoms with Crippen LogP contribution in [0.1, 0.15) is 16.8 Å². The Kier molecular flexibility index (Phi) is 6.46. The molecule has 0 saturated heterocycles. The van der Waals surface area contributed by atoms with Crippen molar-refractivity contribution < 1.29 is 36.2 Å². The van der Waals surface area contributed by atoms with Crippen LogP contribution >= 0.6 is 0 Å². The van der Waals surface area contributed by atoms with Gasteiger partial charge in [0, 0.05) is 23.4 Å². The minimum atomic E-state index is -5.06. The molecule has 0 radical (unpaired) electrons. The number of carbonyl (C=O) groups excluding carboxylic acids is 1. The summed E-state index contributed by atoms with van der Waals surface area (Å²) in [5.41, 5.74) is 3.13. The molecule has 1 aromatic carbocycles. The molecule has 0 amide bonds. The van der Waals surface area contributed by atoms with Crippen molar-refractivity contribution in [3.05, 3.63) is 71.2 Å². The number of rotatable bonds is 7. The lowest BCUT2D eigenvalue weighted by atomic mass is 10.1. The fourth-order valence-electron chi connectivity index (χ4n) is 3.56. The first-order valence-corrected chi connectivity index (χ1v) is 10.4. The molecule has 7 nitrogen and oxygen atoms in total. The Morgan fingerprint density at radius 2 is 1.83 bits per heavy atom. The minimum absolute atomic E-state index is 0.0817. The van der Waals surface area contributed by atoms with Gasteiger partial charge in [-0.05, 0) is 37.6 Å². The zero-order valence-corrected chi connectivity index (χ0v) is 18.6. The summed E-state index contributed by atoms with van der Waals surface area (Å²) < 4.78 is 77.5. The topological polar surface area (TPSA) is 70.7 Å². The monoisotopic (exact) mass is 494 g/mol. The van der Waals surface area contributed by atoms with Crippen LogP contribution in [0.4, 0.5) is 22.0 Å². The van der Waals surface area contributed by atoms with Gasteiger partial charge in [0.2, 0.25) is 5.88 Å². The lowest BCUT2D eigenvalue weighted by Crippen LogP contribution is -2.26. The Morgan fingerprint density at radius 3 is 2.51 bits per heavy atom. The molecule has 4 aromatic rings. The van der Waals surface area contributed by atoms with Crippen molar-refractivity contribution in [1.82, 2.24) is 19.4 Å². The molecule has 0 N–H and O–H groups in total. The standard InChI is InChI=1S/C23H19F5N4O3/c1-13-8-19-21(15-10-29-31(11-15)6-7-34-22(33)23(26,27)28)14(2)30-32(19)20(9-13)35-12-16-17(24)4-3-5-18(16)25/h3-5,8-11H,6-7,12H2,1-2H3. The number of benzene rings is 1. The van der Waals surface area contributed by atoms with Gasteiger partial charge in [0.15, 0.2) is 0 Å². The maximum Gasteiger partial charge on any atom is 0.490 e. The SMILES string of the molecule is Cc1cc(OCc2c(F)cccc2F)n2nc(C)c(-c3cnn(CCOC(=O)C(F)(F)F)c3)c2c1. The summed E-state index contributed by atoms with van der Waals surface area (Å²) in [5.74, 6) is -3.44. The first-order chi connectivity index (χ1) is 16.5. The second-order valence-electron chi connectivity index (χ2n) is 7.74. The summed E-state index contributed by atoms with van der Waals surface area (Å²) in [6, 6.07) is 7.08. The molecular formula is C23H19F5N4O3. The van der Waals surface area contributed by atoms with E-state index in [1.807, 2.05) is 13.0 Å². The van der Waals surface area contributed by atoms with Gasteiger partial charge in [0.05, 0.1) is 29.5 Å². The molecule has 3 aromatic heterocycles. The van der Waals surface area contributed by atoms with E-state index in [1.54, 1.807) is 19.2 Å². The minimum Gasteiger partial charge on any atom is -0.473 e. The predicted molar refractivity (Wildman–Crippen MR) is 114 cm³/mol. The largest absolute Gasteiger partial charge is 0.490 e. The fraction of sp³-hybridized carbons (Fsp3) is 0.261. The highest BCUT2D eigenvalue weighted by molar-refractivity contribution is 5.82. The number of nitrogens with zero attached hydrogens (tertiary/aromatic N) is 4. The van der Waals surface area contributed by atoms with Gasteiger partial charge in [-0.15, -0.1) is 0 Å². The van der Waals surface area contributed by atoms with Crippen LogP contribution in [0.5, 0.6) is 5.88 Å². The summed E-state index contributed by atoms with van der Waals surface area (Å²) in [7, 11) is 0. The number of ether oxygens (including phenoxy) is 2. The molecule has 0 aliphatic rings. The Morgan fingerprint density at radius 1 is 1.11 bits per heavy atom. The number of fused-ring (bicyclic) bond motifs is 1. The molecule has 0 bridgehead atoms. The average molecular weight is 494 g/mol. The van der Waals surface area contributed by atoms with Crippen molar-refractivity contribution in [2.45, 2.75) is 33.2 Å². The van der Waals surface area contributed by atoms with Crippen LogP contribution in [0.2, 0.25) is 0 Å². The maximum absolute atomic E-state index is 14.0. The summed E-state index contributed by atoms with van der Waals surface area (Å²) in [5, 5.41) is 8.59. The van der Waals surface area contributed by atoms with Gasteiger partial charge in [-0.2, -0.15) is 23.4 Å². The van der Waals surface area contributed by atoms with Crippen LogP contribution in [0.3, 0.4) is 0 Å². The highest BCUT2D eigenvalue weighted by atomic mass is 19.4. The smallest absolute Gasteiger partial charge is 0.473 e. The molecule has 0 atom stereocenters. The molecule has 4 rings (SSSR count). The van der Waals surface area contributed by atoms with Crippen molar-refractivity contribution in [1.29, 1.82) is 0 Å². The van der Waals surface area contributed by atoms with E-state index in [2.05, 4.69) is 14.9 Å². The first-order valence-electron chi connectivity index (χ1n) is 10.4. The average Bonchev–Trinajstić information content (AvgIpc) is 3.35. The Hall–Kier alpha value is -3.96. The lowest BCUT2D eigenvalue weighted by molar-refractivity contribution is -0.199. The fourth-order valence-corrected chi connectivity index (χ4v) is 3.56. The second kappa shape index (κ2) is 9.35. The summed E-state index contributed by atoms with van der Waals surface area (Å²) in [4.78, 5) is 10.8. The van der Waals surface area contributed by atoms with Crippen LogP contribution in [-0.4, -0.2) is 38.1 Å². The van der Waals surface area contributed by atoms with Crippen LogP contribution in [0.15, 0.2) is 42.7 Å². The molecule has 0 aliphatic carbocycles. The second-order valence-corrected chi connectivity index (χ2v) is 7.74. The van der Waals surface area contributed by atoms with Crippen LogP contribution < -0.4 is 4.74 Å². The zero-order chi connectivity index (χ0) is 25.3. The van der Waals surface area contributed by atoms with E-state index in [-0.39, 0.29) is 24.6 Å². The van der Waals surface area contributed by atoms with Gasteiger partial charge >= 0.3 is 12.1 Å². The van der Waals surface area contributed by atoms with Crippen LogP contribution in [0, 0.1) is 25.5 Å². The van der Waals surface area contributed by atoms with Gasteiger partial charge in [-0.25, -0.2) is 18.1 Å². The first kappa shape index (κ1) is 24.2. The van der Waals surface area contributed by atoms with Crippen molar-refractivity contribution in [3.63, 3.8) is 0 Å². The quantitative estimate of drug-likeness (QED) is 0.273. The highest BCUT2D eigenvalue weighted by Crippen LogP contribution is 2.32. The molecule has 12 heteroatoms. The third-order valence-electron chi connectivity index (χ3n) is 5.15. The number of esters is 1.